The van der Waals surface area contributed by atoms with Gasteiger partial charge in [0.05, 0.1) is 30.0 Å². The van der Waals surface area contributed by atoms with Gasteiger partial charge >= 0.3 is 0 Å². The predicted octanol–water partition coefficient (Wildman–Crippen LogP) is 6.25. The maximum absolute atomic E-state index is 10.2. The third-order valence-electron chi connectivity index (χ3n) is 4.87. The molecule has 4 nitrogen and oxygen atoms in total. The Bertz CT molecular complexity index is 1010. The fourth-order valence-corrected chi connectivity index (χ4v) is 3.83. The number of aromatic nitrogens is 1. The highest BCUT2D eigenvalue weighted by Gasteiger charge is 2.26. The van der Waals surface area contributed by atoms with Gasteiger partial charge in [-0.05, 0) is 81.1 Å². The van der Waals surface area contributed by atoms with Gasteiger partial charge in [0.25, 0.3) is 0 Å². The quantitative estimate of drug-likeness (QED) is 0.484. The van der Waals surface area contributed by atoms with Crippen LogP contribution in [0.4, 0.5) is 0 Å². The summed E-state index contributed by atoms with van der Waals surface area (Å²) in [6.45, 7) is 11.0. The smallest absolute Gasteiger partial charge is 0.107 e. The first kappa shape index (κ1) is 22.7. The van der Waals surface area contributed by atoms with E-state index in [0.29, 0.717) is 18.2 Å². The first-order valence-electron chi connectivity index (χ1n) is 10.3. The van der Waals surface area contributed by atoms with Crippen molar-refractivity contribution in [1.82, 2.24) is 4.98 Å². The molecular weight excluding hydrogens is 398 g/mol. The number of pyridine rings is 1. The summed E-state index contributed by atoms with van der Waals surface area (Å²) >= 11 is 6.14. The molecular formula is C25H30ClNO3. The van der Waals surface area contributed by atoms with Crippen LogP contribution < -0.4 is 0 Å². The first-order chi connectivity index (χ1) is 14.2. The van der Waals surface area contributed by atoms with Gasteiger partial charge < -0.3 is 14.6 Å². The summed E-state index contributed by atoms with van der Waals surface area (Å²) in [5.74, 6) is 0. The van der Waals surface area contributed by atoms with Crippen molar-refractivity contribution in [3.63, 3.8) is 0 Å². The molecule has 0 aliphatic rings. The van der Waals surface area contributed by atoms with E-state index in [1.807, 2.05) is 65.0 Å². The zero-order valence-electron chi connectivity index (χ0n) is 18.3. The number of halogens is 1. The van der Waals surface area contributed by atoms with E-state index in [9.17, 15) is 5.11 Å². The lowest BCUT2D eigenvalue weighted by Gasteiger charge is -2.30. The minimum atomic E-state index is -0.455. The standard InChI is InChI=1S/C25H30ClNO3/c1-6-29-15-19-11-12-20-21(27-19)13-16(2)23(22(14-28)30-25(3,4)5)24(20)17-7-9-18(26)10-8-17/h7-13,22,28H,6,14-15H2,1-5H3. The zero-order valence-corrected chi connectivity index (χ0v) is 19.1. The minimum Gasteiger partial charge on any atom is -0.393 e. The van der Waals surface area contributed by atoms with Gasteiger partial charge in [-0.1, -0.05) is 29.8 Å². The van der Waals surface area contributed by atoms with Gasteiger partial charge in [0.1, 0.15) is 6.10 Å². The van der Waals surface area contributed by atoms with Gasteiger partial charge in [-0.25, -0.2) is 0 Å². The fourth-order valence-electron chi connectivity index (χ4n) is 3.71. The molecule has 5 heteroatoms. The normalized spacial score (nSPS) is 13.0. The van der Waals surface area contributed by atoms with Crippen LogP contribution in [-0.4, -0.2) is 28.9 Å². The van der Waals surface area contributed by atoms with E-state index >= 15 is 0 Å². The van der Waals surface area contributed by atoms with Crippen LogP contribution in [0, 0.1) is 6.92 Å². The van der Waals surface area contributed by atoms with Crippen molar-refractivity contribution in [1.29, 1.82) is 0 Å². The van der Waals surface area contributed by atoms with E-state index in [1.54, 1.807) is 0 Å². The van der Waals surface area contributed by atoms with Crippen LogP contribution in [0.15, 0.2) is 42.5 Å². The molecule has 1 aromatic heterocycles. The second-order valence-corrected chi connectivity index (χ2v) is 8.83. The highest BCUT2D eigenvalue weighted by atomic mass is 35.5. The molecule has 0 spiro atoms. The lowest BCUT2D eigenvalue weighted by molar-refractivity contribution is -0.0821. The summed E-state index contributed by atoms with van der Waals surface area (Å²) in [6.07, 6.45) is -0.455. The van der Waals surface area contributed by atoms with Gasteiger partial charge in [-0.3, -0.25) is 4.98 Å². The molecule has 0 aliphatic carbocycles. The van der Waals surface area contributed by atoms with Gasteiger partial charge in [-0.15, -0.1) is 0 Å². The maximum Gasteiger partial charge on any atom is 0.107 e. The number of ether oxygens (including phenoxy) is 2. The van der Waals surface area contributed by atoms with Gasteiger partial charge in [-0.2, -0.15) is 0 Å². The molecule has 0 amide bonds. The summed E-state index contributed by atoms with van der Waals surface area (Å²) in [6, 6.07) is 13.9. The van der Waals surface area contributed by atoms with Crippen molar-refractivity contribution in [3.05, 3.63) is 64.3 Å². The SMILES string of the molecule is CCOCc1ccc2c(-c3ccc(Cl)cc3)c(C(CO)OC(C)(C)C)c(C)cc2n1. The summed E-state index contributed by atoms with van der Waals surface area (Å²) in [4.78, 5) is 4.82. The second-order valence-electron chi connectivity index (χ2n) is 8.40. The van der Waals surface area contributed by atoms with Crippen LogP contribution in [0.1, 0.15) is 50.6 Å². The molecule has 1 N–H and O–H groups in total. The molecule has 1 atom stereocenters. The zero-order chi connectivity index (χ0) is 21.9. The number of hydrogen-bond donors (Lipinski definition) is 1. The van der Waals surface area contributed by atoms with E-state index in [4.69, 9.17) is 26.1 Å². The number of fused-ring (bicyclic) bond motifs is 1. The summed E-state index contributed by atoms with van der Waals surface area (Å²) < 4.78 is 11.8. The molecule has 0 fully saturated rings. The van der Waals surface area contributed by atoms with Crippen molar-refractivity contribution in [2.45, 2.75) is 52.9 Å². The molecule has 1 heterocycles. The van der Waals surface area contributed by atoms with Crippen LogP contribution in [0.5, 0.6) is 0 Å². The highest BCUT2D eigenvalue weighted by Crippen LogP contribution is 2.40. The molecule has 0 aliphatic heterocycles. The first-order valence-corrected chi connectivity index (χ1v) is 10.7. The molecule has 0 radical (unpaired) electrons. The van der Waals surface area contributed by atoms with E-state index in [-0.39, 0.29) is 6.61 Å². The number of aliphatic hydroxyl groups excluding tert-OH is 1. The van der Waals surface area contributed by atoms with E-state index < -0.39 is 11.7 Å². The van der Waals surface area contributed by atoms with Crippen LogP contribution >= 0.6 is 11.6 Å². The van der Waals surface area contributed by atoms with Crippen molar-refractivity contribution < 1.29 is 14.6 Å². The summed E-state index contributed by atoms with van der Waals surface area (Å²) in [5.41, 5.74) is 5.41. The van der Waals surface area contributed by atoms with Crippen molar-refractivity contribution in [2.75, 3.05) is 13.2 Å². The Morgan fingerprint density at radius 3 is 2.40 bits per heavy atom. The third-order valence-corrected chi connectivity index (χ3v) is 5.12. The molecule has 1 unspecified atom stereocenters. The maximum atomic E-state index is 10.2. The van der Waals surface area contributed by atoms with Crippen LogP contribution in [0.3, 0.4) is 0 Å². The summed E-state index contributed by atoms with van der Waals surface area (Å²) in [5, 5.41) is 11.9. The number of benzene rings is 2. The number of nitrogens with zero attached hydrogens (tertiary/aromatic N) is 1. The molecule has 3 aromatic rings. The Morgan fingerprint density at radius 1 is 1.10 bits per heavy atom. The minimum absolute atomic E-state index is 0.111. The molecule has 0 saturated carbocycles. The average molecular weight is 428 g/mol. The van der Waals surface area contributed by atoms with E-state index in [2.05, 4.69) is 12.1 Å². The topological polar surface area (TPSA) is 51.6 Å². The molecule has 30 heavy (non-hydrogen) atoms. The lowest BCUT2D eigenvalue weighted by Crippen LogP contribution is -2.25. The van der Waals surface area contributed by atoms with Gasteiger partial charge in [0.2, 0.25) is 0 Å². The number of aliphatic hydroxyl groups is 1. The monoisotopic (exact) mass is 427 g/mol. The Balaban J connectivity index is 2.27. The number of rotatable bonds is 7. The largest absolute Gasteiger partial charge is 0.393 e. The van der Waals surface area contributed by atoms with E-state index in [0.717, 1.165) is 38.9 Å². The summed E-state index contributed by atoms with van der Waals surface area (Å²) in [7, 11) is 0. The molecule has 160 valence electrons. The Kier molecular flexibility index (Phi) is 7.14. The average Bonchev–Trinajstić information content (AvgIpc) is 2.69. The second kappa shape index (κ2) is 9.44. The van der Waals surface area contributed by atoms with Crippen LogP contribution in [0.2, 0.25) is 5.02 Å². The predicted molar refractivity (Wildman–Crippen MR) is 123 cm³/mol. The van der Waals surface area contributed by atoms with Crippen molar-refractivity contribution in [3.8, 4) is 11.1 Å². The van der Waals surface area contributed by atoms with E-state index in [1.165, 1.54) is 0 Å². The molecule has 3 rings (SSSR count). The van der Waals surface area contributed by atoms with Gasteiger partial charge in [0, 0.05) is 17.0 Å². The molecule has 0 bridgehead atoms. The van der Waals surface area contributed by atoms with Crippen molar-refractivity contribution in [2.24, 2.45) is 0 Å². The molecule has 0 saturated heterocycles. The number of aryl methyl sites for hydroxylation is 1. The van der Waals surface area contributed by atoms with Crippen LogP contribution in [-0.2, 0) is 16.1 Å². The van der Waals surface area contributed by atoms with Crippen LogP contribution in [0.25, 0.3) is 22.0 Å². The number of hydrogen-bond acceptors (Lipinski definition) is 4. The lowest BCUT2D eigenvalue weighted by atomic mass is 9.88. The van der Waals surface area contributed by atoms with Crippen molar-refractivity contribution >= 4 is 22.5 Å². The molecule has 2 aromatic carbocycles. The third kappa shape index (κ3) is 5.19. The Hall–Kier alpha value is -1.98. The Labute approximate surface area is 183 Å². The fraction of sp³-hybridized carbons (Fsp3) is 0.400. The highest BCUT2D eigenvalue weighted by molar-refractivity contribution is 6.30. The van der Waals surface area contributed by atoms with Gasteiger partial charge in [0.15, 0.2) is 0 Å². The Morgan fingerprint density at radius 2 is 1.80 bits per heavy atom.